The van der Waals surface area contributed by atoms with Gasteiger partial charge in [-0.1, -0.05) is 36.4 Å². The molecule has 1 unspecified atom stereocenters. The number of carbonyl (C=O) groups is 2. The first kappa shape index (κ1) is 17.9. The average molecular weight is 375 g/mol. The number of H-pyrrole nitrogens is 1. The molecule has 4 rings (SSSR count). The molecule has 0 saturated carbocycles. The van der Waals surface area contributed by atoms with E-state index >= 15 is 0 Å². The van der Waals surface area contributed by atoms with Crippen molar-refractivity contribution >= 4 is 33.7 Å². The van der Waals surface area contributed by atoms with Crippen molar-refractivity contribution in [1.82, 2.24) is 15.6 Å². The van der Waals surface area contributed by atoms with Gasteiger partial charge in [0, 0.05) is 29.0 Å². The molecule has 1 atom stereocenters. The van der Waals surface area contributed by atoms with Crippen molar-refractivity contribution in [3.63, 3.8) is 0 Å². The van der Waals surface area contributed by atoms with Gasteiger partial charge in [-0.25, -0.2) is 0 Å². The molecule has 0 radical (unpaired) electrons. The number of carbonyl (C=O) groups excluding carboxylic acids is 2. The largest absolute Gasteiger partial charge is 0.451 e. The summed E-state index contributed by atoms with van der Waals surface area (Å²) in [6.07, 6.45) is 2.67. The molecule has 0 bridgehead atoms. The maximum absolute atomic E-state index is 12.3. The minimum absolute atomic E-state index is 0.194. The number of furan rings is 1. The molecule has 0 spiro atoms. The molecule has 2 amide bonds. The zero-order valence-corrected chi connectivity index (χ0v) is 15.5. The number of hydrogen-bond donors (Lipinski definition) is 3. The molecule has 28 heavy (non-hydrogen) atoms. The van der Waals surface area contributed by atoms with Gasteiger partial charge < -0.3 is 20.0 Å². The maximum atomic E-state index is 12.3. The number of amides is 2. The molecule has 2 aromatic heterocycles. The highest BCUT2D eigenvalue weighted by molar-refractivity contribution is 5.98. The first-order valence-corrected chi connectivity index (χ1v) is 9.24. The third-order valence-corrected chi connectivity index (χ3v) is 4.76. The predicted molar refractivity (Wildman–Crippen MR) is 108 cm³/mol. The van der Waals surface area contributed by atoms with E-state index in [1.165, 1.54) is 0 Å². The summed E-state index contributed by atoms with van der Waals surface area (Å²) < 4.78 is 5.53. The van der Waals surface area contributed by atoms with E-state index in [-0.39, 0.29) is 11.7 Å². The first-order valence-electron chi connectivity index (χ1n) is 9.24. The molecule has 0 aliphatic carbocycles. The highest BCUT2D eigenvalue weighted by Gasteiger charge is 2.19. The fourth-order valence-corrected chi connectivity index (χ4v) is 3.24. The Morgan fingerprint density at radius 1 is 1.11 bits per heavy atom. The Morgan fingerprint density at radius 3 is 2.75 bits per heavy atom. The molecule has 0 fully saturated rings. The van der Waals surface area contributed by atoms with Crippen LogP contribution in [0, 0.1) is 0 Å². The van der Waals surface area contributed by atoms with Gasteiger partial charge in [-0.05, 0) is 37.1 Å². The van der Waals surface area contributed by atoms with Crippen LogP contribution in [-0.2, 0) is 11.2 Å². The van der Waals surface area contributed by atoms with E-state index in [9.17, 15) is 9.59 Å². The van der Waals surface area contributed by atoms with E-state index in [0.717, 1.165) is 21.9 Å². The molecule has 0 aliphatic rings. The highest BCUT2D eigenvalue weighted by Crippen LogP contribution is 2.19. The van der Waals surface area contributed by atoms with E-state index in [4.69, 9.17) is 4.42 Å². The van der Waals surface area contributed by atoms with E-state index in [1.54, 1.807) is 19.1 Å². The zero-order chi connectivity index (χ0) is 19.5. The number of aromatic nitrogens is 1. The van der Waals surface area contributed by atoms with Crippen LogP contribution in [0.2, 0.25) is 0 Å². The van der Waals surface area contributed by atoms with E-state index in [2.05, 4.69) is 21.7 Å². The molecule has 0 aliphatic heterocycles. The lowest BCUT2D eigenvalue weighted by molar-refractivity contribution is -0.122. The van der Waals surface area contributed by atoms with Gasteiger partial charge >= 0.3 is 0 Å². The van der Waals surface area contributed by atoms with Crippen LogP contribution in [0.5, 0.6) is 0 Å². The number of para-hydroxylation sites is 2. The maximum Gasteiger partial charge on any atom is 0.287 e. The SMILES string of the molecule is CC(NC(=O)c1cc2ccccc2o1)C(=O)NCCc1c[nH]c2ccccc12. The molecular formula is C22H21N3O3. The smallest absolute Gasteiger partial charge is 0.287 e. The summed E-state index contributed by atoms with van der Waals surface area (Å²) in [4.78, 5) is 27.9. The molecule has 2 aromatic carbocycles. The normalized spacial score (nSPS) is 12.2. The molecule has 3 N–H and O–H groups in total. The first-order chi connectivity index (χ1) is 13.6. The minimum Gasteiger partial charge on any atom is -0.451 e. The Kier molecular flexibility index (Phi) is 4.85. The molecule has 6 heteroatoms. The van der Waals surface area contributed by atoms with Crippen molar-refractivity contribution < 1.29 is 14.0 Å². The second-order valence-electron chi connectivity index (χ2n) is 6.74. The van der Waals surface area contributed by atoms with E-state index < -0.39 is 11.9 Å². The van der Waals surface area contributed by atoms with Crippen molar-refractivity contribution in [2.45, 2.75) is 19.4 Å². The number of aromatic amines is 1. The Labute approximate surface area is 161 Å². The van der Waals surface area contributed by atoms with Gasteiger partial charge in [-0.3, -0.25) is 9.59 Å². The Morgan fingerprint density at radius 2 is 1.89 bits per heavy atom. The summed E-state index contributed by atoms with van der Waals surface area (Å²) in [5, 5.41) is 7.56. The minimum atomic E-state index is -0.663. The summed E-state index contributed by atoms with van der Waals surface area (Å²) in [7, 11) is 0. The Hall–Kier alpha value is -3.54. The standard InChI is InChI=1S/C22H21N3O3/c1-14(25-22(27)20-12-15-6-2-5-9-19(15)28-20)21(26)23-11-10-16-13-24-18-8-4-3-7-17(16)18/h2-9,12-14,24H,10-11H2,1H3,(H,23,26)(H,25,27). The monoisotopic (exact) mass is 375 g/mol. The Balaban J connectivity index is 1.31. The molecule has 0 saturated heterocycles. The summed E-state index contributed by atoms with van der Waals surface area (Å²) in [5.74, 6) is -0.445. The third-order valence-electron chi connectivity index (χ3n) is 4.76. The van der Waals surface area contributed by atoms with Crippen LogP contribution in [0.15, 0.2) is 65.2 Å². The quantitative estimate of drug-likeness (QED) is 0.483. The summed E-state index contributed by atoms with van der Waals surface area (Å²) in [5.41, 5.74) is 2.87. The average Bonchev–Trinajstić information content (AvgIpc) is 3.32. The molecule has 2 heterocycles. The second kappa shape index (κ2) is 7.60. The van der Waals surface area contributed by atoms with Crippen molar-refractivity contribution in [3.05, 3.63) is 72.1 Å². The van der Waals surface area contributed by atoms with Gasteiger partial charge in [0.1, 0.15) is 11.6 Å². The van der Waals surface area contributed by atoms with Crippen molar-refractivity contribution in [2.24, 2.45) is 0 Å². The van der Waals surface area contributed by atoms with Crippen LogP contribution in [0.1, 0.15) is 23.0 Å². The van der Waals surface area contributed by atoms with Crippen LogP contribution in [0.3, 0.4) is 0 Å². The predicted octanol–water partition coefficient (Wildman–Crippen LogP) is 3.39. The number of benzene rings is 2. The lowest BCUT2D eigenvalue weighted by Gasteiger charge is -2.13. The van der Waals surface area contributed by atoms with Gasteiger partial charge in [0.2, 0.25) is 5.91 Å². The summed E-state index contributed by atoms with van der Waals surface area (Å²) in [6.45, 7) is 2.15. The Bertz CT molecular complexity index is 1110. The van der Waals surface area contributed by atoms with Gasteiger partial charge in [0.15, 0.2) is 5.76 Å². The second-order valence-corrected chi connectivity index (χ2v) is 6.74. The summed E-state index contributed by atoms with van der Waals surface area (Å²) >= 11 is 0. The van der Waals surface area contributed by atoms with Gasteiger partial charge in [0.25, 0.3) is 5.91 Å². The van der Waals surface area contributed by atoms with Crippen molar-refractivity contribution in [3.8, 4) is 0 Å². The molecule has 6 nitrogen and oxygen atoms in total. The highest BCUT2D eigenvalue weighted by atomic mass is 16.3. The topological polar surface area (TPSA) is 87.1 Å². The van der Waals surface area contributed by atoms with E-state index in [1.807, 2.05) is 42.6 Å². The van der Waals surface area contributed by atoms with Crippen LogP contribution in [0.4, 0.5) is 0 Å². The number of rotatable bonds is 6. The van der Waals surface area contributed by atoms with Crippen LogP contribution >= 0.6 is 0 Å². The summed E-state index contributed by atoms with van der Waals surface area (Å²) in [6, 6.07) is 16.5. The van der Waals surface area contributed by atoms with E-state index in [0.29, 0.717) is 18.5 Å². The molecule has 4 aromatic rings. The van der Waals surface area contributed by atoms with Crippen LogP contribution < -0.4 is 10.6 Å². The van der Waals surface area contributed by atoms with Crippen LogP contribution in [-0.4, -0.2) is 29.4 Å². The van der Waals surface area contributed by atoms with Crippen molar-refractivity contribution in [1.29, 1.82) is 0 Å². The van der Waals surface area contributed by atoms with Gasteiger partial charge in [0.05, 0.1) is 0 Å². The lowest BCUT2D eigenvalue weighted by Crippen LogP contribution is -2.45. The molecule has 142 valence electrons. The lowest BCUT2D eigenvalue weighted by atomic mass is 10.1. The molecular weight excluding hydrogens is 354 g/mol. The fourth-order valence-electron chi connectivity index (χ4n) is 3.24. The van der Waals surface area contributed by atoms with Crippen LogP contribution in [0.25, 0.3) is 21.9 Å². The van der Waals surface area contributed by atoms with Gasteiger partial charge in [-0.15, -0.1) is 0 Å². The number of fused-ring (bicyclic) bond motifs is 2. The number of hydrogen-bond acceptors (Lipinski definition) is 3. The van der Waals surface area contributed by atoms with Gasteiger partial charge in [-0.2, -0.15) is 0 Å². The van der Waals surface area contributed by atoms with Crippen molar-refractivity contribution in [2.75, 3.05) is 6.54 Å². The number of nitrogens with one attached hydrogen (secondary N) is 3. The zero-order valence-electron chi connectivity index (χ0n) is 15.5. The fraction of sp³-hybridized carbons (Fsp3) is 0.182. The third kappa shape index (κ3) is 3.62.